The number of amides is 1. The summed E-state index contributed by atoms with van der Waals surface area (Å²) in [6, 6.07) is 12.0. The Balaban J connectivity index is 1.58. The fourth-order valence-corrected chi connectivity index (χ4v) is 4.13. The summed E-state index contributed by atoms with van der Waals surface area (Å²) in [5.74, 6) is -0.145. The topological polar surface area (TPSA) is 83.2 Å². The van der Waals surface area contributed by atoms with Crippen molar-refractivity contribution in [3.05, 3.63) is 55.1 Å². The Morgan fingerprint density at radius 3 is 2.41 bits per heavy atom. The average Bonchev–Trinajstić information content (AvgIpc) is 3.42. The summed E-state index contributed by atoms with van der Waals surface area (Å²) in [6.07, 6.45) is 5.61. The molecule has 34 heavy (non-hydrogen) atoms. The SMILES string of the molecule is CC(=O)Nc1cc(B2OC(C)(C)C(C)(C)O2)cc(-n2cnc3cc(-c4cnn(C)c4)ccc32)c1. The lowest BCUT2D eigenvalue weighted by Gasteiger charge is -2.32. The number of nitrogens with zero attached hydrogens (tertiary/aromatic N) is 4. The van der Waals surface area contributed by atoms with E-state index in [1.54, 1.807) is 11.0 Å². The van der Waals surface area contributed by atoms with E-state index in [4.69, 9.17) is 9.31 Å². The number of fused-ring (bicyclic) bond motifs is 1. The first-order valence-electron chi connectivity index (χ1n) is 11.3. The van der Waals surface area contributed by atoms with Gasteiger partial charge in [-0.3, -0.25) is 14.0 Å². The number of aryl methyl sites for hydroxylation is 1. The molecule has 0 aliphatic carbocycles. The number of nitrogens with one attached hydrogen (secondary N) is 1. The van der Waals surface area contributed by atoms with Crippen LogP contribution in [0.5, 0.6) is 0 Å². The van der Waals surface area contributed by atoms with Crippen molar-refractivity contribution in [2.45, 2.75) is 45.8 Å². The van der Waals surface area contributed by atoms with E-state index in [1.807, 2.05) is 76.0 Å². The predicted octanol–water partition coefficient (Wildman–Crippen LogP) is 3.68. The number of anilines is 1. The fourth-order valence-electron chi connectivity index (χ4n) is 4.13. The van der Waals surface area contributed by atoms with E-state index in [2.05, 4.69) is 27.5 Å². The smallest absolute Gasteiger partial charge is 0.399 e. The molecule has 4 aromatic rings. The van der Waals surface area contributed by atoms with Gasteiger partial charge in [0.2, 0.25) is 5.91 Å². The molecule has 3 heterocycles. The Kier molecular flexibility index (Phi) is 5.14. The van der Waals surface area contributed by atoms with Gasteiger partial charge in [-0.15, -0.1) is 0 Å². The summed E-state index contributed by atoms with van der Waals surface area (Å²) in [5.41, 5.74) is 5.32. The molecule has 1 aliphatic heterocycles. The maximum Gasteiger partial charge on any atom is 0.494 e. The van der Waals surface area contributed by atoms with Crippen LogP contribution in [0.4, 0.5) is 5.69 Å². The van der Waals surface area contributed by atoms with Crippen LogP contribution in [0.3, 0.4) is 0 Å². The molecular formula is C25H28BN5O3. The van der Waals surface area contributed by atoms with Gasteiger partial charge in [-0.05, 0) is 69.1 Å². The van der Waals surface area contributed by atoms with Crippen LogP contribution in [0.2, 0.25) is 0 Å². The molecule has 0 radical (unpaired) electrons. The van der Waals surface area contributed by atoms with E-state index in [1.165, 1.54) is 6.92 Å². The van der Waals surface area contributed by atoms with Gasteiger partial charge in [-0.1, -0.05) is 6.07 Å². The molecule has 1 amide bonds. The molecule has 2 aromatic carbocycles. The summed E-state index contributed by atoms with van der Waals surface area (Å²) < 4.78 is 16.3. The number of imidazole rings is 1. The molecule has 5 rings (SSSR count). The Morgan fingerprint density at radius 2 is 1.76 bits per heavy atom. The summed E-state index contributed by atoms with van der Waals surface area (Å²) in [5, 5.41) is 7.16. The Morgan fingerprint density at radius 1 is 1.03 bits per heavy atom. The molecule has 9 heteroatoms. The van der Waals surface area contributed by atoms with E-state index < -0.39 is 18.3 Å². The first kappa shape index (κ1) is 22.4. The van der Waals surface area contributed by atoms with E-state index in [0.717, 1.165) is 33.3 Å². The highest BCUT2D eigenvalue weighted by Gasteiger charge is 2.51. The number of carbonyl (C=O) groups is 1. The molecule has 174 valence electrons. The number of aromatic nitrogens is 4. The van der Waals surface area contributed by atoms with Crippen molar-refractivity contribution in [1.29, 1.82) is 0 Å². The van der Waals surface area contributed by atoms with Gasteiger partial charge in [-0.2, -0.15) is 5.10 Å². The van der Waals surface area contributed by atoms with E-state index in [0.29, 0.717) is 5.69 Å². The van der Waals surface area contributed by atoms with Gasteiger partial charge in [0.25, 0.3) is 0 Å². The molecule has 8 nitrogen and oxygen atoms in total. The first-order chi connectivity index (χ1) is 16.0. The minimum Gasteiger partial charge on any atom is -0.399 e. The van der Waals surface area contributed by atoms with Crippen LogP contribution >= 0.6 is 0 Å². The third kappa shape index (κ3) is 3.91. The van der Waals surface area contributed by atoms with Gasteiger partial charge in [0.05, 0.1) is 28.4 Å². The van der Waals surface area contributed by atoms with Crippen molar-refractivity contribution >= 4 is 35.2 Å². The third-order valence-electron chi connectivity index (χ3n) is 6.65. The number of hydrogen-bond acceptors (Lipinski definition) is 5. The minimum atomic E-state index is -0.551. The zero-order valence-corrected chi connectivity index (χ0v) is 20.3. The van der Waals surface area contributed by atoms with Crippen molar-refractivity contribution in [3.63, 3.8) is 0 Å². The van der Waals surface area contributed by atoms with Crippen LogP contribution in [0.15, 0.2) is 55.1 Å². The van der Waals surface area contributed by atoms with Crippen molar-refractivity contribution in [3.8, 4) is 16.8 Å². The molecule has 0 saturated carbocycles. The van der Waals surface area contributed by atoms with Crippen molar-refractivity contribution < 1.29 is 14.1 Å². The second kappa shape index (κ2) is 7.82. The van der Waals surface area contributed by atoms with Gasteiger partial charge >= 0.3 is 7.12 Å². The standard InChI is InChI=1S/C25H28BN5O3/c1-16(32)29-20-10-19(26-33-24(2,3)25(4,5)34-26)11-21(12-20)31-15-27-22-9-17(7-8-23(22)31)18-13-28-30(6)14-18/h7-15H,1-6H3,(H,29,32). The highest BCUT2D eigenvalue weighted by Crippen LogP contribution is 2.37. The van der Waals surface area contributed by atoms with Crippen LogP contribution in [0.25, 0.3) is 27.8 Å². The van der Waals surface area contributed by atoms with E-state index in [9.17, 15) is 4.79 Å². The van der Waals surface area contributed by atoms with Crippen molar-refractivity contribution in [1.82, 2.24) is 19.3 Å². The molecule has 1 saturated heterocycles. The van der Waals surface area contributed by atoms with Crippen LogP contribution < -0.4 is 10.8 Å². The lowest BCUT2D eigenvalue weighted by Crippen LogP contribution is -2.41. The zero-order valence-electron chi connectivity index (χ0n) is 20.3. The van der Waals surface area contributed by atoms with Gasteiger partial charge in [0.15, 0.2) is 0 Å². The van der Waals surface area contributed by atoms with Gasteiger partial charge in [0.1, 0.15) is 6.33 Å². The monoisotopic (exact) mass is 457 g/mol. The molecule has 0 spiro atoms. The summed E-state index contributed by atoms with van der Waals surface area (Å²) in [4.78, 5) is 16.5. The Labute approximate surface area is 199 Å². The van der Waals surface area contributed by atoms with E-state index in [-0.39, 0.29) is 5.91 Å². The maximum absolute atomic E-state index is 11.8. The molecule has 0 atom stereocenters. The fraction of sp³-hybridized carbons (Fsp3) is 0.320. The van der Waals surface area contributed by atoms with Crippen LogP contribution in [0.1, 0.15) is 34.6 Å². The van der Waals surface area contributed by atoms with Crippen molar-refractivity contribution in [2.75, 3.05) is 5.32 Å². The first-order valence-corrected chi connectivity index (χ1v) is 11.3. The number of rotatable bonds is 4. The Bertz CT molecular complexity index is 1390. The molecule has 0 unspecified atom stereocenters. The zero-order chi connectivity index (χ0) is 24.3. The van der Waals surface area contributed by atoms with E-state index >= 15 is 0 Å². The molecule has 1 N–H and O–H groups in total. The second-order valence-electron chi connectivity index (χ2n) is 9.80. The molecule has 2 aromatic heterocycles. The maximum atomic E-state index is 11.8. The quantitative estimate of drug-likeness (QED) is 0.473. The predicted molar refractivity (Wildman–Crippen MR) is 133 cm³/mol. The number of hydrogen-bond donors (Lipinski definition) is 1. The summed E-state index contributed by atoms with van der Waals surface area (Å²) >= 11 is 0. The highest BCUT2D eigenvalue weighted by atomic mass is 16.7. The number of benzene rings is 2. The molecular weight excluding hydrogens is 429 g/mol. The average molecular weight is 457 g/mol. The van der Waals surface area contributed by atoms with Crippen LogP contribution in [0, 0.1) is 0 Å². The van der Waals surface area contributed by atoms with Crippen LogP contribution in [-0.2, 0) is 21.2 Å². The van der Waals surface area contributed by atoms with Gasteiger partial charge in [0, 0.05) is 37.1 Å². The molecule has 1 aliphatic rings. The largest absolute Gasteiger partial charge is 0.494 e. The molecule has 1 fully saturated rings. The lowest BCUT2D eigenvalue weighted by atomic mass is 9.78. The molecule has 0 bridgehead atoms. The lowest BCUT2D eigenvalue weighted by molar-refractivity contribution is -0.114. The highest BCUT2D eigenvalue weighted by molar-refractivity contribution is 6.62. The van der Waals surface area contributed by atoms with Crippen LogP contribution in [-0.4, -0.2) is 43.6 Å². The number of carbonyl (C=O) groups excluding carboxylic acids is 1. The second-order valence-corrected chi connectivity index (χ2v) is 9.80. The minimum absolute atomic E-state index is 0.145. The summed E-state index contributed by atoms with van der Waals surface area (Å²) in [6.45, 7) is 9.58. The normalized spacial score (nSPS) is 16.8. The summed E-state index contributed by atoms with van der Waals surface area (Å²) in [7, 11) is 1.35. The third-order valence-corrected chi connectivity index (χ3v) is 6.65. The Hall–Kier alpha value is -3.43. The van der Waals surface area contributed by atoms with Gasteiger partial charge in [-0.25, -0.2) is 4.98 Å². The van der Waals surface area contributed by atoms with Crippen molar-refractivity contribution in [2.24, 2.45) is 7.05 Å². The van der Waals surface area contributed by atoms with Gasteiger partial charge < -0.3 is 14.6 Å².